The summed E-state index contributed by atoms with van der Waals surface area (Å²) in [6.07, 6.45) is 1.09. The molecule has 2 rings (SSSR count). The zero-order valence-corrected chi connectivity index (χ0v) is 13.6. The molecule has 3 nitrogen and oxygen atoms in total. The minimum atomic E-state index is -0.0267. The highest BCUT2D eigenvalue weighted by atomic mass is 79.9. The van der Waals surface area contributed by atoms with Crippen LogP contribution in [0.3, 0.4) is 0 Å². The van der Waals surface area contributed by atoms with Crippen LogP contribution in [-0.2, 0) is 11.2 Å². The molecule has 0 saturated carbocycles. The molecular weight excluding hydrogens is 328 g/mol. The van der Waals surface area contributed by atoms with Gasteiger partial charge in [-0.3, -0.25) is 4.79 Å². The first kappa shape index (κ1) is 15.6. The Morgan fingerprint density at radius 2 is 1.86 bits per heavy atom. The summed E-state index contributed by atoms with van der Waals surface area (Å²) in [6.45, 7) is 1.98. The van der Waals surface area contributed by atoms with E-state index in [9.17, 15) is 4.79 Å². The number of carbonyl (C=O) groups excluding carboxylic acids is 1. The molecule has 2 aromatic rings. The van der Waals surface area contributed by atoms with E-state index < -0.39 is 0 Å². The number of nitrogens with one attached hydrogen (secondary N) is 1. The zero-order chi connectivity index (χ0) is 15.2. The van der Waals surface area contributed by atoms with Gasteiger partial charge in [0.15, 0.2) is 0 Å². The van der Waals surface area contributed by atoms with Gasteiger partial charge in [-0.2, -0.15) is 0 Å². The molecule has 21 heavy (non-hydrogen) atoms. The Hall–Kier alpha value is -1.81. The number of hydrogen-bond donors (Lipinski definition) is 2. The smallest absolute Gasteiger partial charge is 0.220 e. The molecule has 110 valence electrons. The fourth-order valence-corrected chi connectivity index (χ4v) is 2.86. The number of aryl methyl sites for hydroxylation is 1. The molecule has 2 aromatic carbocycles. The molecule has 0 bridgehead atoms. The lowest BCUT2D eigenvalue weighted by atomic mass is 10.1. The zero-order valence-electron chi connectivity index (χ0n) is 12.0. The van der Waals surface area contributed by atoms with Crippen LogP contribution in [0.25, 0.3) is 0 Å². The lowest BCUT2D eigenvalue weighted by Gasteiger charge is -2.16. The number of nitrogen functional groups attached to an aromatic ring is 1. The van der Waals surface area contributed by atoms with Gasteiger partial charge in [0.1, 0.15) is 0 Å². The van der Waals surface area contributed by atoms with E-state index >= 15 is 0 Å². The van der Waals surface area contributed by atoms with E-state index in [4.69, 9.17) is 5.73 Å². The Morgan fingerprint density at radius 3 is 2.57 bits per heavy atom. The van der Waals surface area contributed by atoms with Gasteiger partial charge in [-0.15, -0.1) is 0 Å². The van der Waals surface area contributed by atoms with E-state index in [2.05, 4.69) is 21.2 Å². The number of hydrogen-bond acceptors (Lipinski definition) is 2. The van der Waals surface area contributed by atoms with Crippen molar-refractivity contribution >= 4 is 27.5 Å². The summed E-state index contributed by atoms with van der Waals surface area (Å²) in [7, 11) is 0. The lowest BCUT2D eigenvalue weighted by Crippen LogP contribution is -2.27. The SMILES string of the molecule is C[C@H](NC(=O)CCc1ccccc1N)c1ccccc1Br. The fraction of sp³-hybridized carbons (Fsp3) is 0.235. The second-order valence-corrected chi connectivity index (χ2v) is 5.86. The highest BCUT2D eigenvalue weighted by Gasteiger charge is 2.12. The maximum atomic E-state index is 12.1. The molecule has 0 aromatic heterocycles. The summed E-state index contributed by atoms with van der Waals surface area (Å²) in [4.78, 5) is 12.1. The van der Waals surface area contributed by atoms with Gasteiger partial charge in [-0.1, -0.05) is 52.3 Å². The quantitative estimate of drug-likeness (QED) is 0.808. The first-order valence-corrected chi connectivity index (χ1v) is 7.74. The summed E-state index contributed by atoms with van der Waals surface area (Å²) in [5, 5.41) is 3.02. The number of benzene rings is 2. The Morgan fingerprint density at radius 1 is 1.19 bits per heavy atom. The molecule has 0 radical (unpaired) electrons. The van der Waals surface area contributed by atoms with Crippen LogP contribution >= 0.6 is 15.9 Å². The topological polar surface area (TPSA) is 55.1 Å². The Labute approximate surface area is 133 Å². The average Bonchev–Trinajstić information content (AvgIpc) is 2.46. The van der Waals surface area contributed by atoms with Crippen molar-refractivity contribution < 1.29 is 4.79 Å². The second kappa shape index (κ2) is 7.27. The van der Waals surface area contributed by atoms with Crippen molar-refractivity contribution in [1.82, 2.24) is 5.32 Å². The van der Waals surface area contributed by atoms with Gasteiger partial charge in [-0.25, -0.2) is 0 Å². The van der Waals surface area contributed by atoms with Crippen molar-refractivity contribution in [1.29, 1.82) is 0 Å². The molecule has 0 aliphatic rings. The fourth-order valence-electron chi connectivity index (χ4n) is 2.23. The minimum absolute atomic E-state index is 0.0267. The molecule has 0 fully saturated rings. The molecule has 1 atom stereocenters. The number of rotatable bonds is 5. The van der Waals surface area contributed by atoms with Crippen molar-refractivity contribution in [3.05, 3.63) is 64.1 Å². The standard InChI is InChI=1S/C17H19BrN2O/c1-12(14-7-3-4-8-15(14)18)20-17(21)11-10-13-6-2-5-9-16(13)19/h2-9,12H,10-11,19H2,1H3,(H,20,21)/t12-/m0/s1. The first-order chi connectivity index (χ1) is 10.1. The lowest BCUT2D eigenvalue weighted by molar-refractivity contribution is -0.121. The number of anilines is 1. The average molecular weight is 347 g/mol. The van der Waals surface area contributed by atoms with E-state index in [0.29, 0.717) is 12.8 Å². The molecule has 0 unspecified atom stereocenters. The minimum Gasteiger partial charge on any atom is -0.399 e. The van der Waals surface area contributed by atoms with Gasteiger partial charge < -0.3 is 11.1 Å². The number of nitrogens with two attached hydrogens (primary N) is 1. The monoisotopic (exact) mass is 346 g/mol. The molecule has 0 aliphatic heterocycles. The normalized spacial score (nSPS) is 11.9. The number of amides is 1. The Bertz CT molecular complexity index is 628. The molecule has 1 amide bonds. The Balaban J connectivity index is 1.90. The summed E-state index contributed by atoms with van der Waals surface area (Å²) in [5.41, 5.74) is 8.71. The highest BCUT2D eigenvalue weighted by Crippen LogP contribution is 2.22. The van der Waals surface area contributed by atoms with Crippen LogP contribution in [0.15, 0.2) is 53.0 Å². The molecule has 0 heterocycles. The Kier molecular flexibility index (Phi) is 5.39. The summed E-state index contributed by atoms with van der Waals surface area (Å²) in [5.74, 6) is 0.0292. The van der Waals surface area contributed by atoms with Crippen molar-refractivity contribution in [2.75, 3.05) is 5.73 Å². The van der Waals surface area contributed by atoms with Crippen molar-refractivity contribution in [3.8, 4) is 0 Å². The third kappa shape index (κ3) is 4.33. The molecule has 0 spiro atoms. The van der Waals surface area contributed by atoms with Crippen LogP contribution in [0.5, 0.6) is 0 Å². The van der Waals surface area contributed by atoms with Crippen molar-refractivity contribution in [2.45, 2.75) is 25.8 Å². The number of halogens is 1. The predicted molar refractivity (Wildman–Crippen MR) is 89.9 cm³/mol. The third-order valence-electron chi connectivity index (χ3n) is 3.43. The first-order valence-electron chi connectivity index (χ1n) is 6.95. The van der Waals surface area contributed by atoms with Crippen LogP contribution in [0, 0.1) is 0 Å². The number of carbonyl (C=O) groups is 1. The molecule has 3 N–H and O–H groups in total. The maximum Gasteiger partial charge on any atom is 0.220 e. The van der Waals surface area contributed by atoms with E-state index in [1.165, 1.54) is 0 Å². The van der Waals surface area contributed by atoms with Crippen LogP contribution in [0.2, 0.25) is 0 Å². The summed E-state index contributed by atoms with van der Waals surface area (Å²) < 4.78 is 1.00. The van der Waals surface area contributed by atoms with Crippen LogP contribution in [0.4, 0.5) is 5.69 Å². The third-order valence-corrected chi connectivity index (χ3v) is 4.15. The molecular formula is C17H19BrN2O. The van der Waals surface area contributed by atoms with Crippen LogP contribution in [-0.4, -0.2) is 5.91 Å². The van der Waals surface area contributed by atoms with Crippen molar-refractivity contribution in [2.24, 2.45) is 0 Å². The van der Waals surface area contributed by atoms with Gasteiger partial charge in [0.2, 0.25) is 5.91 Å². The molecule has 0 aliphatic carbocycles. The number of para-hydroxylation sites is 1. The van der Waals surface area contributed by atoms with E-state index in [1.54, 1.807) is 0 Å². The summed E-state index contributed by atoms with van der Waals surface area (Å²) in [6, 6.07) is 15.5. The van der Waals surface area contributed by atoms with E-state index in [1.807, 2.05) is 55.5 Å². The van der Waals surface area contributed by atoms with Gasteiger partial charge in [0.05, 0.1) is 6.04 Å². The van der Waals surface area contributed by atoms with Gasteiger partial charge in [-0.05, 0) is 36.6 Å². The molecule has 4 heteroatoms. The van der Waals surface area contributed by atoms with Gasteiger partial charge in [0.25, 0.3) is 0 Å². The van der Waals surface area contributed by atoms with Crippen molar-refractivity contribution in [3.63, 3.8) is 0 Å². The predicted octanol–water partition coefficient (Wildman–Crippen LogP) is 3.84. The maximum absolute atomic E-state index is 12.1. The van der Waals surface area contributed by atoms with Crippen LogP contribution in [0.1, 0.15) is 30.5 Å². The highest BCUT2D eigenvalue weighted by molar-refractivity contribution is 9.10. The van der Waals surface area contributed by atoms with E-state index in [-0.39, 0.29) is 11.9 Å². The van der Waals surface area contributed by atoms with E-state index in [0.717, 1.165) is 21.3 Å². The molecule has 0 saturated heterocycles. The van der Waals surface area contributed by atoms with Gasteiger partial charge >= 0.3 is 0 Å². The largest absolute Gasteiger partial charge is 0.399 e. The second-order valence-electron chi connectivity index (χ2n) is 5.01. The van der Waals surface area contributed by atoms with Gasteiger partial charge in [0, 0.05) is 16.6 Å². The van der Waals surface area contributed by atoms with Crippen LogP contribution < -0.4 is 11.1 Å². The summed E-state index contributed by atoms with van der Waals surface area (Å²) >= 11 is 3.50.